The Kier molecular flexibility index (Phi) is 6.63. The molecule has 10 nitrogen and oxygen atoms in total. The number of fused-ring (bicyclic) bond motifs is 1. The summed E-state index contributed by atoms with van der Waals surface area (Å²) in [5.74, 6) is 1.97. The summed E-state index contributed by atoms with van der Waals surface area (Å²) < 4.78 is 7.80. The van der Waals surface area contributed by atoms with Crippen LogP contribution in [0.5, 0.6) is 5.75 Å². The molecule has 3 aromatic heterocycles. The number of nitrogens with zero attached hydrogens (tertiary/aromatic N) is 7. The third-order valence-corrected chi connectivity index (χ3v) is 6.23. The van der Waals surface area contributed by atoms with Crippen LogP contribution in [0.15, 0.2) is 30.7 Å². The van der Waals surface area contributed by atoms with Crippen LogP contribution < -0.4 is 15.0 Å². The van der Waals surface area contributed by atoms with Gasteiger partial charge in [-0.3, -0.25) is 14.5 Å². The number of hydrogen-bond donors (Lipinski definition) is 1. The van der Waals surface area contributed by atoms with Gasteiger partial charge in [0, 0.05) is 43.3 Å². The fourth-order valence-corrected chi connectivity index (χ4v) is 4.24. The van der Waals surface area contributed by atoms with Gasteiger partial charge in [0.1, 0.15) is 23.9 Å². The van der Waals surface area contributed by atoms with Crippen molar-refractivity contribution in [2.45, 2.75) is 38.1 Å². The van der Waals surface area contributed by atoms with Crippen LogP contribution in [0.25, 0.3) is 11.5 Å². The summed E-state index contributed by atoms with van der Waals surface area (Å²) in [7, 11) is 5.92. The molecule has 0 aliphatic heterocycles. The number of pyridine rings is 1. The third-order valence-electron chi connectivity index (χ3n) is 6.23. The molecule has 3 aromatic rings. The van der Waals surface area contributed by atoms with Crippen molar-refractivity contribution in [2.24, 2.45) is 0 Å². The van der Waals surface area contributed by atoms with Crippen molar-refractivity contribution in [3.05, 3.63) is 42.0 Å². The average molecular weight is 477 g/mol. The lowest BCUT2D eigenvalue weighted by Crippen LogP contribution is -2.31. The number of likely N-dealkylation sites (N-methyl/N-ethyl adjacent to an activating group) is 2. The summed E-state index contributed by atoms with van der Waals surface area (Å²) in [4.78, 5) is 30.9. The lowest BCUT2D eigenvalue weighted by Gasteiger charge is -2.21. The minimum absolute atomic E-state index is 0.107. The number of hydrogen-bond acceptors (Lipinski definition) is 8. The molecule has 1 saturated carbocycles. The molecule has 184 valence electrons. The maximum absolute atomic E-state index is 12.8. The molecule has 0 bridgehead atoms. The summed E-state index contributed by atoms with van der Waals surface area (Å²) in [5, 5.41) is 7.30. The smallest absolute Gasteiger partial charge is 0.244 e. The van der Waals surface area contributed by atoms with E-state index in [9.17, 15) is 4.79 Å². The average Bonchev–Trinajstić information content (AvgIpc) is 3.39. The Bertz CT molecular complexity index is 1200. The first-order valence-electron chi connectivity index (χ1n) is 12.1. The van der Waals surface area contributed by atoms with Crippen molar-refractivity contribution in [2.75, 3.05) is 51.1 Å². The molecule has 3 heterocycles. The van der Waals surface area contributed by atoms with Gasteiger partial charge in [0.25, 0.3) is 0 Å². The molecule has 1 N–H and O–H groups in total. The first-order valence-corrected chi connectivity index (χ1v) is 12.1. The van der Waals surface area contributed by atoms with Crippen molar-refractivity contribution in [1.29, 1.82) is 0 Å². The summed E-state index contributed by atoms with van der Waals surface area (Å²) in [6.45, 7) is 1.59. The van der Waals surface area contributed by atoms with Crippen molar-refractivity contribution < 1.29 is 9.53 Å². The van der Waals surface area contributed by atoms with E-state index in [1.165, 1.54) is 0 Å². The predicted octanol–water partition coefficient (Wildman–Crippen LogP) is 2.57. The van der Waals surface area contributed by atoms with E-state index in [1.54, 1.807) is 12.4 Å². The largest absolute Gasteiger partial charge is 0.492 e. The third kappa shape index (κ3) is 5.59. The standard InChI is InChI=1S/C25H32N8O2/c1-31(2)11-12-35-19-9-10-26-22(13-19)24-29-21-6-4-5-20(21)25(30-24)32(3)16-23(34)28-17-14-27-33(15-17)18-7-8-18/h9-10,13-15,18H,4-8,11-12,16H2,1-3H3,(H,28,34). The van der Waals surface area contributed by atoms with Gasteiger partial charge in [-0.25, -0.2) is 9.97 Å². The highest BCUT2D eigenvalue weighted by Crippen LogP contribution is 2.34. The minimum atomic E-state index is -0.107. The van der Waals surface area contributed by atoms with E-state index in [4.69, 9.17) is 14.7 Å². The molecule has 1 fully saturated rings. The van der Waals surface area contributed by atoms with Crippen LogP contribution in [0.3, 0.4) is 0 Å². The Balaban J connectivity index is 1.31. The van der Waals surface area contributed by atoms with E-state index >= 15 is 0 Å². The number of aryl methyl sites for hydroxylation is 1. The number of amides is 1. The van der Waals surface area contributed by atoms with Gasteiger partial charge in [-0.05, 0) is 52.3 Å². The number of nitrogens with one attached hydrogen (secondary N) is 1. The number of carbonyl (C=O) groups excluding carboxylic acids is 1. The Morgan fingerprint density at radius 2 is 2.09 bits per heavy atom. The summed E-state index contributed by atoms with van der Waals surface area (Å²) >= 11 is 0. The van der Waals surface area contributed by atoms with E-state index in [0.717, 1.165) is 67.2 Å². The lowest BCUT2D eigenvalue weighted by atomic mass is 10.2. The molecule has 0 radical (unpaired) electrons. The van der Waals surface area contributed by atoms with Gasteiger partial charge in [-0.2, -0.15) is 5.10 Å². The maximum Gasteiger partial charge on any atom is 0.244 e. The molecule has 0 atom stereocenters. The summed E-state index contributed by atoms with van der Waals surface area (Å²) in [6, 6.07) is 4.20. The molecule has 1 amide bonds. The van der Waals surface area contributed by atoms with Gasteiger partial charge >= 0.3 is 0 Å². The fourth-order valence-electron chi connectivity index (χ4n) is 4.24. The quantitative estimate of drug-likeness (QED) is 0.477. The second kappa shape index (κ2) is 9.99. The van der Waals surface area contributed by atoms with Gasteiger partial charge in [-0.15, -0.1) is 0 Å². The van der Waals surface area contributed by atoms with Crippen LogP contribution in [0.2, 0.25) is 0 Å². The molecular formula is C25H32N8O2. The molecule has 2 aliphatic rings. The Labute approximate surface area is 205 Å². The molecule has 0 aromatic carbocycles. The highest BCUT2D eigenvalue weighted by atomic mass is 16.5. The van der Waals surface area contributed by atoms with Crippen LogP contribution in [0, 0.1) is 0 Å². The van der Waals surface area contributed by atoms with E-state index in [0.29, 0.717) is 24.2 Å². The van der Waals surface area contributed by atoms with Crippen LogP contribution in [-0.4, -0.2) is 76.4 Å². The van der Waals surface area contributed by atoms with Crippen molar-refractivity contribution in [3.63, 3.8) is 0 Å². The maximum atomic E-state index is 12.8. The zero-order valence-electron chi connectivity index (χ0n) is 20.6. The van der Waals surface area contributed by atoms with Crippen LogP contribution in [-0.2, 0) is 17.6 Å². The first-order chi connectivity index (χ1) is 17.0. The van der Waals surface area contributed by atoms with E-state index in [2.05, 4.69) is 20.3 Å². The highest BCUT2D eigenvalue weighted by Gasteiger charge is 2.25. The van der Waals surface area contributed by atoms with Crippen LogP contribution in [0.1, 0.15) is 36.6 Å². The monoisotopic (exact) mass is 476 g/mol. The van der Waals surface area contributed by atoms with E-state index < -0.39 is 0 Å². The van der Waals surface area contributed by atoms with Crippen LogP contribution in [0.4, 0.5) is 11.5 Å². The molecular weight excluding hydrogens is 444 g/mol. The zero-order valence-corrected chi connectivity index (χ0v) is 20.6. The predicted molar refractivity (Wildman–Crippen MR) is 134 cm³/mol. The molecule has 10 heteroatoms. The Morgan fingerprint density at radius 3 is 2.89 bits per heavy atom. The molecule has 5 rings (SSSR count). The number of carbonyl (C=O) groups is 1. The lowest BCUT2D eigenvalue weighted by molar-refractivity contribution is -0.114. The Morgan fingerprint density at radius 1 is 1.23 bits per heavy atom. The number of aromatic nitrogens is 5. The SMILES string of the molecule is CN(C)CCOc1ccnc(-c2nc3c(c(N(C)CC(=O)Nc4cnn(C5CC5)c4)n2)CCC3)c1. The summed E-state index contributed by atoms with van der Waals surface area (Å²) in [5.41, 5.74) is 3.53. The van der Waals surface area contributed by atoms with Crippen LogP contribution >= 0.6 is 0 Å². The molecule has 0 unspecified atom stereocenters. The van der Waals surface area contributed by atoms with Crippen molar-refractivity contribution >= 4 is 17.4 Å². The molecule has 0 saturated heterocycles. The van der Waals surface area contributed by atoms with Gasteiger partial charge < -0.3 is 19.9 Å². The first kappa shape index (κ1) is 23.2. The minimum Gasteiger partial charge on any atom is -0.492 e. The van der Waals surface area contributed by atoms with Crippen molar-refractivity contribution in [3.8, 4) is 17.3 Å². The number of rotatable bonds is 10. The van der Waals surface area contributed by atoms with Gasteiger partial charge in [0.2, 0.25) is 5.91 Å². The zero-order chi connectivity index (χ0) is 24.4. The Hall–Kier alpha value is -3.53. The van der Waals surface area contributed by atoms with Crippen molar-refractivity contribution in [1.82, 2.24) is 29.6 Å². The van der Waals surface area contributed by atoms with E-state index in [1.807, 2.05) is 49.1 Å². The number of anilines is 2. The molecule has 2 aliphatic carbocycles. The normalized spacial score (nSPS) is 14.7. The topological polar surface area (TPSA) is 101 Å². The van der Waals surface area contributed by atoms with Gasteiger partial charge in [-0.1, -0.05) is 0 Å². The summed E-state index contributed by atoms with van der Waals surface area (Å²) in [6.07, 6.45) is 10.5. The second-order valence-electron chi connectivity index (χ2n) is 9.52. The van der Waals surface area contributed by atoms with E-state index in [-0.39, 0.29) is 12.5 Å². The molecule has 35 heavy (non-hydrogen) atoms. The highest BCUT2D eigenvalue weighted by molar-refractivity contribution is 5.93. The molecule has 0 spiro atoms. The van der Waals surface area contributed by atoms with Gasteiger partial charge in [0.15, 0.2) is 5.82 Å². The fraction of sp³-hybridized carbons (Fsp3) is 0.480. The second-order valence-corrected chi connectivity index (χ2v) is 9.52. The van der Waals surface area contributed by atoms with Gasteiger partial charge in [0.05, 0.1) is 24.5 Å². The number of ether oxygens (including phenoxy) is 1.